The summed E-state index contributed by atoms with van der Waals surface area (Å²) in [5, 5.41) is 4.49. The van der Waals surface area contributed by atoms with Crippen LogP contribution >= 0.6 is 0 Å². The van der Waals surface area contributed by atoms with E-state index in [4.69, 9.17) is 9.72 Å². The van der Waals surface area contributed by atoms with Crippen LogP contribution in [0.15, 0.2) is 18.3 Å². The van der Waals surface area contributed by atoms with E-state index in [9.17, 15) is 0 Å². The van der Waals surface area contributed by atoms with E-state index in [1.807, 2.05) is 36.9 Å². The molecule has 0 bridgehead atoms. The Labute approximate surface area is 148 Å². The maximum absolute atomic E-state index is 5.76. The van der Waals surface area contributed by atoms with E-state index in [1.165, 1.54) is 12.8 Å². The van der Waals surface area contributed by atoms with E-state index in [1.54, 1.807) is 0 Å². The Hall–Kier alpha value is -1.99. The Morgan fingerprint density at radius 1 is 1.20 bits per heavy atom. The van der Waals surface area contributed by atoms with Gasteiger partial charge in [-0.1, -0.05) is 0 Å². The molecule has 134 valence electrons. The molecule has 7 nitrogen and oxygen atoms in total. The van der Waals surface area contributed by atoms with Crippen LogP contribution < -0.4 is 4.90 Å². The first-order valence-electron chi connectivity index (χ1n) is 9.14. The van der Waals surface area contributed by atoms with Crippen molar-refractivity contribution >= 4 is 5.82 Å². The standard InChI is InChI=1S/C18H26N6O/c1-14-12-15(2)24(21-14)18-19-6-5-17(20-18)23-9-7-22(8-10-23)13-16-4-3-11-25-16/h5-6,12,16H,3-4,7-11,13H2,1-2H3. The summed E-state index contributed by atoms with van der Waals surface area (Å²) in [4.78, 5) is 14.0. The third kappa shape index (κ3) is 3.67. The molecule has 2 saturated heterocycles. The molecule has 1 unspecified atom stereocenters. The highest BCUT2D eigenvalue weighted by Gasteiger charge is 2.23. The van der Waals surface area contributed by atoms with Gasteiger partial charge in [0.2, 0.25) is 0 Å². The normalized spacial score (nSPS) is 21.8. The fraction of sp³-hybridized carbons (Fsp3) is 0.611. The van der Waals surface area contributed by atoms with Gasteiger partial charge in [-0.05, 0) is 38.8 Å². The van der Waals surface area contributed by atoms with Crippen LogP contribution in [0.4, 0.5) is 5.82 Å². The summed E-state index contributed by atoms with van der Waals surface area (Å²) in [6.07, 6.45) is 4.68. The molecule has 2 aromatic rings. The molecular weight excluding hydrogens is 316 g/mol. The first-order chi connectivity index (χ1) is 12.2. The van der Waals surface area contributed by atoms with Crippen LogP contribution in [0.2, 0.25) is 0 Å². The predicted molar refractivity (Wildman–Crippen MR) is 96.3 cm³/mol. The van der Waals surface area contributed by atoms with Crippen LogP contribution in [0.5, 0.6) is 0 Å². The fourth-order valence-corrected chi connectivity index (χ4v) is 3.68. The molecule has 2 aromatic heterocycles. The Bertz CT molecular complexity index is 716. The van der Waals surface area contributed by atoms with E-state index in [2.05, 4.69) is 19.9 Å². The first kappa shape index (κ1) is 16.5. The Balaban J connectivity index is 1.41. The second-order valence-corrected chi connectivity index (χ2v) is 6.98. The lowest BCUT2D eigenvalue weighted by molar-refractivity contribution is 0.0712. The van der Waals surface area contributed by atoms with Crippen LogP contribution in [0.1, 0.15) is 24.2 Å². The SMILES string of the molecule is Cc1cc(C)n(-c2nccc(N3CCN(CC4CCCO4)CC3)n2)n1. The van der Waals surface area contributed by atoms with Crippen molar-refractivity contribution in [3.05, 3.63) is 29.7 Å². The van der Waals surface area contributed by atoms with Crippen LogP contribution in [-0.2, 0) is 4.74 Å². The van der Waals surface area contributed by atoms with Crippen molar-refractivity contribution in [1.29, 1.82) is 0 Å². The van der Waals surface area contributed by atoms with Gasteiger partial charge in [-0.15, -0.1) is 0 Å². The lowest BCUT2D eigenvalue weighted by atomic mass is 10.2. The first-order valence-corrected chi connectivity index (χ1v) is 9.14. The van der Waals surface area contributed by atoms with E-state index in [0.29, 0.717) is 12.1 Å². The van der Waals surface area contributed by atoms with E-state index < -0.39 is 0 Å². The van der Waals surface area contributed by atoms with Crippen LogP contribution in [0.25, 0.3) is 5.95 Å². The number of aryl methyl sites for hydroxylation is 2. The zero-order chi connectivity index (χ0) is 17.2. The van der Waals surface area contributed by atoms with Crippen molar-refractivity contribution in [3.63, 3.8) is 0 Å². The molecule has 4 rings (SSSR count). The maximum Gasteiger partial charge on any atom is 0.252 e. The van der Waals surface area contributed by atoms with Crippen LogP contribution in [-0.4, -0.2) is 70.1 Å². The second kappa shape index (κ2) is 7.09. The van der Waals surface area contributed by atoms with E-state index in [0.717, 1.165) is 56.5 Å². The van der Waals surface area contributed by atoms with Crippen molar-refractivity contribution in [3.8, 4) is 5.95 Å². The highest BCUT2D eigenvalue weighted by Crippen LogP contribution is 2.18. The number of ether oxygens (including phenoxy) is 1. The van der Waals surface area contributed by atoms with Gasteiger partial charge >= 0.3 is 0 Å². The molecule has 0 saturated carbocycles. The highest BCUT2D eigenvalue weighted by molar-refractivity contribution is 5.40. The van der Waals surface area contributed by atoms with Crippen molar-refractivity contribution in [2.75, 3.05) is 44.2 Å². The molecule has 7 heteroatoms. The van der Waals surface area contributed by atoms with E-state index in [-0.39, 0.29) is 0 Å². The van der Waals surface area contributed by atoms with Gasteiger partial charge in [0.05, 0.1) is 11.8 Å². The van der Waals surface area contributed by atoms with Crippen molar-refractivity contribution in [2.24, 2.45) is 0 Å². The molecule has 2 aliphatic rings. The predicted octanol–water partition coefficient (Wildman–Crippen LogP) is 1.58. The van der Waals surface area contributed by atoms with Gasteiger partial charge in [0, 0.05) is 51.2 Å². The number of hydrogen-bond acceptors (Lipinski definition) is 6. The summed E-state index contributed by atoms with van der Waals surface area (Å²) in [5.41, 5.74) is 2.03. The lowest BCUT2D eigenvalue weighted by Crippen LogP contribution is -2.48. The molecule has 0 amide bonds. The number of anilines is 1. The minimum absolute atomic E-state index is 0.434. The minimum atomic E-state index is 0.434. The molecule has 25 heavy (non-hydrogen) atoms. The number of hydrogen-bond donors (Lipinski definition) is 0. The average Bonchev–Trinajstić information content (AvgIpc) is 3.25. The molecule has 4 heterocycles. The van der Waals surface area contributed by atoms with Crippen LogP contribution in [0.3, 0.4) is 0 Å². The molecule has 1 atom stereocenters. The molecule has 2 aliphatic heterocycles. The lowest BCUT2D eigenvalue weighted by Gasteiger charge is -2.36. The van der Waals surface area contributed by atoms with Gasteiger partial charge in [0.1, 0.15) is 5.82 Å². The quantitative estimate of drug-likeness (QED) is 0.841. The third-order valence-corrected chi connectivity index (χ3v) is 5.01. The van der Waals surface area contributed by atoms with Crippen molar-refractivity contribution < 1.29 is 4.74 Å². The number of piperazine rings is 1. The van der Waals surface area contributed by atoms with Gasteiger partial charge < -0.3 is 9.64 Å². The molecule has 0 radical (unpaired) electrons. The molecular formula is C18H26N6O. The van der Waals surface area contributed by atoms with Crippen LogP contribution in [0, 0.1) is 13.8 Å². The zero-order valence-corrected chi connectivity index (χ0v) is 15.1. The molecule has 0 spiro atoms. The Morgan fingerprint density at radius 2 is 2.04 bits per heavy atom. The summed E-state index contributed by atoms with van der Waals surface area (Å²) in [6.45, 7) is 10.1. The largest absolute Gasteiger partial charge is 0.377 e. The minimum Gasteiger partial charge on any atom is -0.377 e. The third-order valence-electron chi connectivity index (χ3n) is 5.01. The molecule has 2 fully saturated rings. The Kier molecular flexibility index (Phi) is 4.67. The topological polar surface area (TPSA) is 59.3 Å². The van der Waals surface area contributed by atoms with Gasteiger partial charge in [0.15, 0.2) is 0 Å². The summed E-state index contributed by atoms with van der Waals surface area (Å²) in [6, 6.07) is 4.03. The maximum atomic E-state index is 5.76. The smallest absolute Gasteiger partial charge is 0.252 e. The van der Waals surface area contributed by atoms with Crippen molar-refractivity contribution in [2.45, 2.75) is 32.8 Å². The van der Waals surface area contributed by atoms with Crippen molar-refractivity contribution in [1.82, 2.24) is 24.6 Å². The van der Waals surface area contributed by atoms with E-state index >= 15 is 0 Å². The highest BCUT2D eigenvalue weighted by atomic mass is 16.5. The average molecular weight is 342 g/mol. The Morgan fingerprint density at radius 3 is 2.72 bits per heavy atom. The van der Waals surface area contributed by atoms with Gasteiger partial charge in [0.25, 0.3) is 5.95 Å². The molecule has 0 aliphatic carbocycles. The van der Waals surface area contributed by atoms with Gasteiger partial charge in [-0.25, -0.2) is 9.67 Å². The number of aromatic nitrogens is 4. The summed E-state index contributed by atoms with van der Waals surface area (Å²) in [7, 11) is 0. The monoisotopic (exact) mass is 342 g/mol. The fourth-order valence-electron chi connectivity index (χ4n) is 3.68. The summed E-state index contributed by atoms with van der Waals surface area (Å²) < 4.78 is 7.57. The summed E-state index contributed by atoms with van der Waals surface area (Å²) in [5.74, 6) is 1.62. The molecule has 0 aromatic carbocycles. The van der Waals surface area contributed by atoms with Gasteiger partial charge in [-0.3, -0.25) is 4.90 Å². The van der Waals surface area contributed by atoms with Gasteiger partial charge in [-0.2, -0.15) is 10.1 Å². The second-order valence-electron chi connectivity index (χ2n) is 6.98. The number of nitrogens with zero attached hydrogens (tertiary/aromatic N) is 6. The molecule has 0 N–H and O–H groups in total. The number of rotatable bonds is 4. The zero-order valence-electron chi connectivity index (χ0n) is 15.1. The summed E-state index contributed by atoms with van der Waals surface area (Å²) >= 11 is 0.